The lowest BCUT2D eigenvalue weighted by Gasteiger charge is -2.35. The second kappa shape index (κ2) is 7.33. The van der Waals surface area contributed by atoms with E-state index in [1.165, 1.54) is 11.9 Å². The molecule has 1 saturated heterocycles. The summed E-state index contributed by atoms with van der Waals surface area (Å²) in [5.41, 5.74) is 2.38. The Morgan fingerprint density at radius 3 is 2.54 bits per heavy atom. The largest absolute Gasteiger partial charge is 0.338 e. The van der Waals surface area contributed by atoms with E-state index in [0.29, 0.717) is 13.1 Å². The van der Waals surface area contributed by atoms with Crippen molar-refractivity contribution < 1.29 is 4.79 Å². The van der Waals surface area contributed by atoms with E-state index in [1.54, 1.807) is 0 Å². The molecule has 0 spiro atoms. The van der Waals surface area contributed by atoms with Crippen LogP contribution in [0.5, 0.6) is 0 Å². The van der Waals surface area contributed by atoms with Crippen LogP contribution in [0.4, 0.5) is 10.7 Å². The molecule has 2 aromatic rings. The summed E-state index contributed by atoms with van der Waals surface area (Å²) in [4.78, 5) is 20.7. The van der Waals surface area contributed by atoms with Gasteiger partial charge in [0.2, 0.25) is 5.95 Å². The van der Waals surface area contributed by atoms with Crippen molar-refractivity contribution in [3.8, 4) is 0 Å². The Morgan fingerprint density at radius 1 is 1.25 bits per heavy atom. The number of aromatic nitrogens is 3. The van der Waals surface area contributed by atoms with Crippen LogP contribution in [0.3, 0.4) is 0 Å². The average Bonchev–Trinajstić information content (AvgIpc) is 3.15. The van der Waals surface area contributed by atoms with Gasteiger partial charge in [0.15, 0.2) is 0 Å². The highest BCUT2D eigenvalue weighted by Crippen LogP contribution is 2.18. The Hall–Kier alpha value is -2.57. The van der Waals surface area contributed by atoms with Crippen LogP contribution in [-0.2, 0) is 0 Å². The summed E-state index contributed by atoms with van der Waals surface area (Å²) in [5, 5.41) is 9.89. The van der Waals surface area contributed by atoms with Gasteiger partial charge in [0.05, 0.1) is 6.04 Å². The first-order valence-corrected chi connectivity index (χ1v) is 8.39. The smallest absolute Gasteiger partial charge is 0.318 e. The van der Waals surface area contributed by atoms with Crippen molar-refractivity contribution in [2.75, 3.05) is 31.1 Å². The molecule has 0 bridgehead atoms. The number of rotatable bonds is 4. The first kappa shape index (κ1) is 16.3. The van der Waals surface area contributed by atoms with Gasteiger partial charge in [-0.25, -0.2) is 9.89 Å². The van der Waals surface area contributed by atoms with Crippen LogP contribution in [0.1, 0.15) is 30.5 Å². The molecule has 1 aromatic carbocycles. The van der Waals surface area contributed by atoms with Gasteiger partial charge < -0.3 is 15.1 Å². The number of urea groups is 1. The summed E-state index contributed by atoms with van der Waals surface area (Å²) in [7, 11) is 0. The SMILES string of the molecule is CC[C@@H](NC(=O)N1CCN(c2ncn[nH]2)CC1)c1ccc(C)cc1. The molecule has 0 radical (unpaired) electrons. The van der Waals surface area contributed by atoms with E-state index in [2.05, 4.69) is 63.5 Å². The molecular weight excluding hydrogens is 304 g/mol. The van der Waals surface area contributed by atoms with E-state index >= 15 is 0 Å². The molecule has 1 fully saturated rings. The molecule has 1 aliphatic heterocycles. The number of aromatic amines is 1. The Kier molecular flexibility index (Phi) is 4.98. The Labute approximate surface area is 142 Å². The number of carbonyl (C=O) groups is 1. The molecule has 0 unspecified atom stereocenters. The lowest BCUT2D eigenvalue weighted by molar-refractivity contribution is 0.189. The maximum atomic E-state index is 12.6. The molecule has 1 aromatic heterocycles. The molecule has 7 nitrogen and oxygen atoms in total. The number of carbonyl (C=O) groups excluding carboxylic acids is 1. The van der Waals surface area contributed by atoms with Gasteiger partial charge in [-0.2, -0.15) is 10.1 Å². The third-order valence-corrected chi connectivity index (χ3v) is 4.45. The molecule has 0 aliphatic carbocycles. The van der Waals surface area contributed by atoms with Gasteiger partial charge in [-0.3, -0.25) is 0 Å². The lowest BCUT2D eigenvalue weighted by Crippen LogP contribution is -2.52. The zero-order valence-electron chi connectivity index (χ0n) is 14.2. The van der Waals surface area contributed by atoms with Gasteiger partial charge in [-0.15, -0.1) is 0 Å². The molecule has 1 aliphatic rings. The quantitative estimate of drug-likeness (QED) is 0.901. The predicted octanol–water partition coefficient (Wildman–Crippen LogP) is 2.10. The molecule has 24 heavy (non-hydrogen) atoms. The molecule has 2 heterocycles. The number of nitrogens with zero attached hydrogens (tertiary/aromatic N) is 4. The fourth-order valence-corrected chi connectivity index (χ4v) is 2.93. The Morgan fingerprint density at radius 2 is 1.96 bits per heavy atom. The number of anilines is 1. The van der Waals surface area contributed by atoms with Crippen LogP contribution < -0.4 is 10.2 Å². The van der Waals surface area contributed by atoms with Crippen LogP contribution in [0.15, 0.2) is 30.6 Å². The van der Waals surface area contributed by atoms with Crippen molar-refractivity contribution in [1.82, 2.24) is 25.4 Å². The van der Waals surface area contributed by atoms with E-state index in [1.807, 2.05) is 4.90 Å². The van der Waals surface area contributed by atoms with E-state index in [9.17, 15) is 4.79 Å². The normalized spacial score (nSPS) is 16.1. The fraction of sp³-hybridized carbons (Fsp3) is 0.471. The molecule has 1 atom stereocenters. The van der Waals surface area contributed by atoms with Crippen LogP contribution in [-0.4, -0.2) is 52.3 Å². The first-order valence-electron chi connectivity index (χ1n) is 8.39. The lowest BCUT2D eigenvalue weighted by atomic mass is 10.0. The van der Waals surface area contributed by atoms with Crippen molar-refractivity contribution in [3.05, 3.63) is 41.7 Å². The number of piperazine rings is 1. The zero-order valence-corrected chi connectivity index (χ0v) is 14.2. The molecule has 3 rings (SSSR count). The first-order chi connectivity index (χ1) is 11.7. The van der Waals surface area contributed by atoms with Gasteiger partial charge in [-0.1, -0.05) is 36.8 Å². The van der Waals surface area contributed by atoms with E-state index < -0.39 is 0 Å². The highest BCUT2D eigenvalue weighted by molar-refractivity contribution is 5.75. The number of hydrogen-bond donors (Lipinski definition) is 2. The number of benzene rings is 1. The van der Waals surface area contributed by atoms with Crippen molar-refractivity contribution in [1.29, 1.82) is 0 Å². The molecular formula is C17H24N6O. The summed E-state index contributed by atoms with van der Waals surface area (Å²) in [5.74, 6) is 0.765. The van der Waals surface area contributed by atoms with Crippen molar-refractivity contribution in [3.63, 3.8) is 0 Å². The van der Waals surface area contributed by atoms with Crippen LogP contribution in [0, 0.1) is 6.92 Å². The highest BCUT2D eigenvalue weighted by atomic mass is 16.2. The maximum absolute atomic E-state index is 12.6. The monoisotopic (exact) mass is 328 g/mol. The second-order valence-corrected chi connectivity index (χ2v) is 6.10. The van der Waals surface area contributed by atoms with Gasteiger partial charge in [0, 0.05) is 26.2 Å². The standard InChI is InChI=1S/C17H24N6O/c1-3-15(14-6-4-13(2)5-7-14)20-17(24)23-10-8-22(9-11-23)16-18-12-19-21-16/h4-7,12,15H,3,8-11H2,1-2H3,(H,20,24)(H,18,19,21)/t15-/m1/s1. The Bertz CT molecular complexity index is 646. The van der Waals surface area contributed by atoms with Crippen LogP contribution >= 0.6 is 0 Å². The minimum atomic E-state index is -0.000329. The van der Waals surface area contributed by atoms with Gasteiger partial charge in [-0.05, 0) is 18.9 Å². The Balaban J connectivity index is 1.55. The summed E-state index contributed by atoms with van der Waals surface area (Å²) in [6, 6.07) is 8.39. The minimum Gasteiger partial charge on any atom is -0.338 e. The van der Waals surface area contributed by atoms with Crippen LogP contribution in [0.2, 0.25) is 0 Å². The fourth-order valence-electron chi connectivity index (χ4n) is 2.93. The number of aryl methyl sites for hydroxylation is 1. The van der Waals surface area contributed by atoms with Gasteiger partial charge >= 0.3 is 6.03 Å². The van der Waals surface area contributed by atoms with E-state index in [0.717, 1.165) is 31.0 Å². The molecule has 2 amide bonds. The second-order valence-electron chi connectivity index (χ2n) is 6.10. The molecule has 0 saturated carbocycles. The molecule has 7 heteroatoms. The topological polar surface area (TPSA) is 77.2 Å². The zero-order chi connectivity index (χ0) is 16.9. The third-order valence-electron chi connectivity index (χ3n) is 4.45. The molecule has 2 N–H and O–H groups in total. The predicted molar refractivity (Wildman–Crippen MR) is 92.9 cm³/mol. The summed E-state index contributed by atoms with van der Waals surface area (Å²) >= 11 is 0. The van der Waals surface area contributed by atoms with Gasteiger partial charge in [0.25, 0.3) is 0 Å². The van der Waals surface area contributed by atoms with E-state index in [4.69, 9.17) is 0 Å². The maximum Gasteiger partial charge on any atom is 0.318 e. The van der Waals surface area contributed by atoms with Crippen molar-refractivity contribution >= 4 is 12.0 Å². The van der Waals surface area contributed by atoms with Crippen molar-refractivity contribution in [2.24, 2.45) is 0 Å². The number of hydrogen-bond acceptors (Lipinski definition) is 4. The van der Waals surface area contributed by atoms with Crippen LogP contribution in [0.25, 0.3) is 0 Å². The summed E-state index contributed by atoms with van der Waals surface area (Å²) < 4.78 is 0. The minimum absolute atomic E-state index is 0.000329. The summed E-state index contributed by atoms with van der Waals surface area (Å²) in [6.07, 6.45) is 2.37. The molecule has 128 valence electrons. The number of H-pyrrole nitrogens is 1. The number of nitrogens with one attached hydrogen (secondary N) is 2. The van der Waals surface area contributed by atoms with Crippen molar-refractivity contribution in [2.45, 2.75) is 26.3 Å². The highest BCUT2D eigenvalue weighted by Gasteiger charge is 2.24. The van der Waals surface area contributed by atoms with E-state index in [-0.39, 0.29) is 12.1 Å². The number of amides is 2. The average molecular weight is 328 g/mol. The summed E-state index contributed by atoms with van der Waals surface area (Å²) in [6.45, 7) is 7.02. The third kappa shape index (κ3) is 3.67. The van der Waals surface area contributed by atoms with Gasteiger partial charge in [0.1, 0.15) is 6.33 Å².